The van der Waals surface area contributed by atoms with E-state index in [2.05, 4.69) is 9.89 Å². The first kappa shape index (κ1) is 15.4. The van der Waals surface area contributed by atoms with E-state index in [1.165, 1.54) is 11.3 Å². The van der Waals surface area contributed by atoms with Gasteiger partial charge in [0.15, 0.2) is 0 Å². The Kier molecular flexibility index (Phi) is 4.28. The van der Waals surface area contributed by atoms with E-state index in [9.17, 15) is 4.79 Å². The van der Waals surface area contributed by atoms with Gasteiger partial charge in [-0.3, -0.25) is 9.69 Å². The predicted octanol–water partition coefficient (Wildman–Crippen LogP) is 4.47. The lowest BCUT2D eigenvalue weighted by molar-refractivity contribution is 0.101. The zero-order chi connectivity index (χ0) is 15.8. The summed E-state index contributed by atoms with van der Waals surface area (Å²) in [6, 6.07) is 11.6. The highest BCUT2D eigenvalue weighted by molar-refractivity contribution is 8.01. The van der Waals surface area contributed by atoms with Crippen LogP contribution in [-0.2, 0) is 0 Å². The summed E-state index contributed by atoms with van der Waals surface area (Å²) in [6.07, 6.45) is 1.15. The van der Waals surface area contributed by atoms with Crippen molar-refractivity contribution in [1.29, 1.82) is 0 Å². The third-order valence-electron chi connectivity index (χ3n) is 4.20. The molecule has 0 N–H and O–H groups in total. The number of thiophene rings is 1. The molecule has 3 heterocycles. The molecule has 1 amide bonds. The second-order valence-electron chi connectivity index (χ2n) is 5.80. The number of aliphatic imine (C=N–C) groups is 1. The lowest BCUT2D eigenvalue weighted by Gasteiger charge is -2.12. The van der Waals surface area contributed by atoms with Crippen LogP contribution in [0.15, 0.2) is 50.5 Å². The van der Waals surface area contributed by atoms with Crippen molar-refractivity contribution < 1.29 is 4.79 Å². The molecule has 0 spiro atoms. The summed E-state index contributed by atoms with van der Waals surface area (Å²) in [6.45, 7) is 3.10. The molecule has 2 fully saturated rings. The van der Waals surface area contributed by atoms with Crippen LogP contribution in [0.2, 0.25) is 5.02 Å². The van der Waals surface area contributed by atoms with Crippen LogP contribution in [-0.4, -0.2) is 36.2 Å². The summed E-state index contributed by atoms with van der Waals surface area (Å²) < 4.78 is 1.09. The summed E-state index contributed by atoms with van der Waals surface area (Å²) >= 11 is 9.04. The Morgan fingerprint density at radius 3 is 2.78 bits per heavy atom. The standard InChI is InChI=1S/C17H15ClN2OS2/c18-12-1-3-13(4-2-12)22-16-6-5-15(23-16)17(21)19-14-10-20-8-7-11(14)9-20/h1-6,11H,7-10H2/t11-/m0/s1. The first-order valence-corrected chi connectivity index (χ1v) is 9.56. The fourth-order valence-corrected chi connectivity index (χ4v) is 5.14. The number of carbonyl (C=O) groups is 1. The topological polar surface area (TPSA) is 32.7 Å². The van der Waals surface area contributed by atoms with E-state index in [1.807, 2.05) is 36.4 Å². The highest BCUT2D eigenvalue weighted by atomic mass is 35.5. The maximum Gasteiger partial charge on any atom is 0.287 e. The normalized spacial score (nSPS) is 24.5. The van der Waals surface area contributed by atoms with Crippen LogP contribution in [0.4, 0.5) is 0 Å². The van der Waals surface area contributed by atoms with E-state index in [0.29, 0.717) is 10.8 Å². The van der Waals surface area contributed by atoms with Crippen molar-refractivity contribution in [3.63, 3.8) is 0 Å². The van der Waals surface area contributed by atoms with E-state index in [0.717, 1.165) is 45.9 Å². The van der Waals surface area contributed by atoms with Gasteiger partial charge in [-0.2, -0.15) is 0 Å². The van der Waals surface area contributed by atoms with Gasteiger partial charge < -0.3 is 0 Å². The van der Waals surface area contributed by atoms with Gasteiger partial charge in [-0.1, -0.05) is 23.4 Å². The molecule has 6 heteroatoms. The molecule has 4 rings (SSSR count). The van der Waals surface area contributed by atoms with E-state index in [1.54, 1.807) is 11.8 Å². The number of piperidine rings is 1. The fraction of sp³-hybridized carbons (Fsp3) is 0.294. The molecule has 3 nitrogen and oxygen atoms in total. The van der Waals surface area contributed by atoms with Crippen molar-refractivity contribution in [2.75, 3.05) is 19.6 Å². The van der Waals surface area contributed by atoms with Crippen LogP contribution in [0, 0.1) is 5.92 Å². The number of halogens is 1. The second kappa shape index (κ2) is 6.40. The number of hydrogen-bond acceptors (Lipinski definition) is 4. The molecule has 0 saturated carbocycles. The van der Waals surface area contributed by atoms with Crippen molar-refractivity contribution in [3.8, 4) is 0 Å². The number of hydrogen-bond donors (Lipinski definition) is 0. The Morgan fingerprint density at radius 2 is 2.09 bits per heavy atom. The molecule has 1 aromatic heterocycles. The van der Waals surface area contributed by atoms with Gasteiger partial charge in [-0.05, 0) is 49.4 Å². The summed E-state index contributed by atoms with van der Waals surface area (Å²) in [4.78, 5) is 20.9. The number of nitrogens with zero attached hydrogens (tertiary/aromatic N) is 2. The Balaban J connectivity index is 1.46. The molecule has 1 unspecified atom stereocenters. The van der Waals surface area contributed by atoms with Crippen molar-refractivity contribution in [3.05, 3.63) is 46.3 Å². The van der Waals surface area contributed by atoms with Gasteiger partial charge in [0.1, 0.15) is 0 Å². The van der Waals surface area contributed by atoms with E-state index in [4.69, 9.17) is 11.6 Å². The van der Waals surface area contributed by atoms with Crippen molar-refractivity contribution >= 4 is 46.3 Å². The number of rotatable bonds is 3. The van der Waals surface area contributed by atoms with Crippen LogP contribution >= 0.6 is 34.7 Å². The first-order chi connectivity index (χ1) is 11.2. The second-order valence-corrected chi connectivity index (χ2v) is 8.70. The molecule has 2 aliphatic heterocycles. The van der Waals surface area contributed by atoms with E-state index in [-0.39, 0.29) is 5.91 Å². The van der Waals surface area contributed by atoms with Gasteiger partial charge in [0.25, 0.3) is 5.91 Å². The molecule has 0 radical (unpaired) electrons. The molecule has 118 valence electrons. The van der Waals surface area contributed by atoms with Crippen LogP contribution in [0.25, 0.3) is 0 Å². The van der Waals surface area contributed by atoms with Gasteiger partial charge in [0.05, 0.1) is 9.09 Å². The summed E-state index contributed by atoms with van der Waals surface area (Å²) in [5, 5.41) is 0.730. The fourth-order valence-electron chi connectivity index (χ4n) is 3.03. The smallest absolute Gasteiger partial charge is 0.287 e. The quantitative estimate of drug-likeness (QED) is 0.807. The Labute approximate surface area is 148 Å². The molecule has 2 aliphatic rings. The Bertz CT molecular complexity index is 769. The highest BCUT2D eigenvalue weighted by Gasteiger charge is 2.35. The highest BCUT2D eigenvalue weighted by Crippen LogP contribution is 2.34. The van der Waals surface area contributed by atoms with Crippen molar-refractivity contribution in [2.24, 2.45) is 10.9 Å². The van der Waals surface area contributed by atoms with Crippen molar-refractivity contribution in [2.45, 2.75) is 15.5 Å². The maximum absolute atomic E-state index is 12.4. The molecule has 23 heavy (non-hydrogen) atoms. The van der Waals surface area contributed by atoms with Crippen LogP contribution in [0.3, 0.4) is 0 Å². The third kappa shape index (κ3) is 3.38. The van der Waals surface area contributed by atoms with Gasteiger partial charge in [-0.25, -0.2) is 4.99 Å². The zero-order valence-corrected chi connectivity index (χ0v) is 14.8. The summed E-state index contributed by atoms with van der Waals surface area (Å²) in [5.74, 6) is 0.406. The van der Waals surface area contributed by atoms with Gasteiger partial charge in [0.2, 0.25) is 0 Å². The van der Waals surface area contributed by atoms with Crippen LogP contribution in [0.1, 0.15) is 16.1 Å². The number of fused-ring (bicyclic) bond motifs is 2. The minimum Gasteiger partial charge on any atom is -0.297 e. The molecule has 1 aromatic carbocycles. The van der Waals surface area contributed by atoms with Crippen LogP contribution in [0.5, 0.6) is 0 Å². The molecular formula is C17H15ClN2OS2. The number of carbonyl (C=O) groups excluding carboxylic acids is 1. The molecule has 0 aliphatic carbocycles. The molecule has 2 atom stereocenters. The van der Waals surface area contributed by atoms with E-state index >= 15 is 0 Å². The van der Waals surface area contributed by atoms with E-state index < -0.39 is 0 Å². The average molecular weight is 363 g/mol. The number of benzene rings is 1. The minimum absolute atomic E-state index is 0.0956. The zero-order valence-electron chi connectivity index (χ0n) is 12.4. The summed E-state index contributed by atoms with van der Waals surface area (Å²) in [7, 11) is 0. The van der Waals surface area contributed by atoms with Crippen molar-refractivity contribution in [1.82, 2.24) is 4.90 Å². The van der Waals surface area contributed by atoms with Crippen LogP contribution < -0.4 is 0 Å². The largest absolute Gasteiger partial charge is 0.297 e. The summed E-state index contributed by atoms with van der Waals surface area (Å²) in [5.41, 5.74) is 1.07. The lowest BCUT2D eigenvalue weighted by Crippen LogP contribution is -2.24. The van der Waals surface area contributed by atoms with Gasteiger partial charge in [0, 0.05) is 34.6 Å². The molecule has 2 saturated heterocycles. The molecule has 2 bridgehead atoms. The SMILES string of the molecule is O=C(N=C1CN2CC[C@H]1C2)c1ccc(Sc2ccc(Cl)cc2)s1. The van der Waals surface area contributed by atoms with Gasteiger partial charge >= 0.3 is 0 Å². The third-order valence-corrected chi connectivity index (χ3v) is 6.66. The Hall–Kier alpha value is -1.14. The first-order valence-electron chi connectivity index (χ1n) is 7.55. The molecule has 2 aromatic rings. The Morgan fingerprint density at radius 1 is 1.26 bits per heavy atom. The average Bonchev–Trinajstić information content (AvgIpc) is 3.26. The monoisotopic (exact) mass is 362 g/mol. The minimum atomic E-state index is -0.0956. The van der Waals surface area contributed by atoms with Gasteiger partial charge in [-0.15, -0.1) is 11.3 Å². The number of amides is 1. The maximum atomic E-state index is 12.4. The molecular weight excluding hydrogens is 348 g/mol. The predicted molar refractivity (Wildman–Crippen MR) is 96.2 cm³/mol. The lowest BCUT2D eigenvalue weighted by atomic mass is 10.0.